The fraction of sp³-hybridized carbons (Fsp3) is 0.0909. The fourth-order valence-corrected chi connectivity index (χ4v) is 1.90. The van der Waals surface area contributed by atoms with E-state index in [1.165, 1.54) is 12.1 Å². The van der Waals surface area contributed by atoms with Crippen molar-refractivity contribution in [1.82, 2.24) is 9.97 Å². The maximum atomic E-state index is 12.4. The highest BCUT2D eigenvalue weighted by molar-refractivity contribution is 9.10. The van der Waals surface area contributed by atoms with Crippen LogP contribution in [0, 0.1) is 0 Å². The molecule has 0 aliphatic carbocycles. The minimum atomic E-state index is -4.38. The zero-order chi connectivity index (χ0) is 14.2. The molecular weight excluding hydrogens is 368 g/mol. The predicted octanol–water partition coefficient (Wildman–Crippen LogP) is 5.23. The smallest absolute Gasteiger partial charge is 0.215 e. The van der Waals surface area contributed by atoms with Crippen molar-refractivity contribution in [3.05, 3.63) is 44.6 Å². The SMILES string of the molecule is FC(F)(F)c1ccc(-c2nc(Cl)c(Br)c(Cl)n2)cc1. The largest absolute Gasteiger partial charge is 0.416 e. The molecule has 8 heteroatoms. The fourth-order valence-electron chi connectivity index (χ4n) is 1.33. The van der Waals surface area contributed by atoms with Gasteiger partial charge in [0.15, 0.2) is 5.82 Å². The minimum Gasteiger partial charge on any atom is -0.215 e. The third kappa shape index (κ3) is 3.19. The maximum absolute atomic E-state index is 12.4. The first-order valence-corrected chi connectivity index (χ1v) is 6.40. The normalized spacial score (nSPS) is 11.7. The van der Waals surface area contributed by atoms with Gasteiger partial charge >= 0.3 is 6.18 Å². The molecule has 19 heavy (non-hydrogen) atoms. The zero-order valence-electron chi connectivity index (χ0n) is 8.97. The Kier molecular flexibility index (Phi) is 4.03. The molecule has 1 aromatic heterocycles. The van der Waals surface area contributed by atoms with E-state index >= 15 is 0 Å². The van der Waals surface area contributed by atoms with E-state index in [1.54, 1.807) is 0 Å². The van der Waals surface area contributed by atoms with Crippen LogP contribution in [-0.2, 0) is 6.18 Å². The quantitative estimate of drug-likeness (QED) is 0.641. The number of benzene rings is 1. The van der Waals surface area contributed by atoms with Gasteiger partial charge < -0.3 is 0 Å². The Morgan fingerprint density at radius 1 is 0.947 bits per heavy atom. The van der Waals surface area contributed by atoms with Gasteiger partial charge in [0.25, 0.3) is 0 Å². The molecule has 2 nitrogen and oxygen atoms in total. The van der Waals surface area contributed by atoms with Crippen LogP contribution in [0.4, 0.5) is 13.2 Å². The van der Waals surface area contributed by atoms with Gasteiger partial charge in [-0.3, -0.25) is 0 Å². The lowest BCUT2D eigenvalue weighted by atomic mass is 10.1. The van der Waals surface area contributed by atoms with Crippen LogP contribution in [0.15, 0.2) is 28.7 Å². The summed E-state index contributed by atoms with van der Waals surface area (Å²) >= 11 is 14.7. The average Bonchev–Trinajstić information content (AvgIpc) is 2.34. The summed E-state index contributed by atoms with van der Waals surface area (Å²) in [5.41, 5.74) is -0.352. The molecular formula is C11H4BrCl2F3N2. The Hall–Kier alpha value is -0.850. The van der Waals surface area contributed by atoms with Gasteiger partial charge in [0.05, 0.1) is 10.0 Å². The first-order chi connectivity index (χ1) is 8.79. The predicted molar refractivity (Wildman–Crippen MR) is 70.2 cm³/mol. The lowest BCUT2D eigenvalue weighted by Gasteiger charge is -2.08. The molecule has 2 rings (SSSR count). The first-order valence-electron chi connectivity index (χ1n) is 4.85. The van der Waals surface area contributed by atoms with Crippen LogP contribution in [-0.4, -0.2) is 9.97 Å². The highest BCUT2D eigenvalue weighted by Crippen LogP contribution is 2.32. The van der Waals surface area contributed by atoms with Crippen molar-refractivity contribution in [2.75, 3.05) is 0 Å². The Morgan fingerprint density at radius 2 is 1.42 bits per heavy atom. The Bertz CT molecular complexity index is 591. The summed E-state index contributed by atoms with van der Waals surface area (Å²) in [6.07, 6.45) is -4.38. The number of alkyl halides is 3. The van der Waals surface area contributed by atoms with Crippen molar-refractivity contribution >= 4 is 39.1 Å². The average molecular weight is 372 g/mol. The van der Waals surface area contributed by atoms with Crippen LogP contribution in [0.25, 0.3) is 11.4 Å². The van der Waals surface area contributed by atoms with Crippen molar-refractivity contribution in [2.24, 2.45) is 0 Å². The van der Waals surface area contributed by atoms with Crippen molar-refractivity contribution in [1.29, 1.82) is 0 Å². The third-order valence-corrected chi connectivity index (χ3v) is 4.00. The van der Waals surface area contributed by atoms with Crippen molar-refractivity contribution < 1.29 is 13.2 Å². The molecule has 1 aromatic carbocycles. The molecule has 0 fully saturated rings. The lowest BCUT2D eigenvalue weighted by molar-refractivity contribution is -0.137. The van der Waals surface area contributed by atoms with Crippen LogP contribution in [0.3, 0.4) is 0 Å². The van der Waals surface area contributed by atoms with Crippen LogP contribution in [0.5, 0.6) is 0 Å². The van der Waals surface area contributed by atoms with Gasteiger partial charge in [-0.05, 0) is 28.1 Å². The second-order valence-corrected chi connectivity index (χ2v) is 5.03. The highest BCUT2D eigenvalue weighted by Gasteiger charge is 2.30. The number of rotatable bonds is 1. The van der Waals surface area contributed by atoms with Crippen LogP contribution in [0.2, 0.25) is 10.3 Å². The lowest BCUT2D eigenvalue weighted by Crippen LogP contribution is -2.04. The van der Waals surface area contributed by atoms with E-state index in [4.69, 9.17) is 23.2 Å². The summed E-state index contributed by atoms with van der Waals surface area (Å²) in [6.45, 7) is 0. The number of nitrogens with zero attached hydrogens (tertiary/aromatic N) is 2. The summed E-state index contributed by atoms with van der Waals surface area (Å²) in [5, 5.41) is 0.185. The monoisotopic (exact) mass is 370 g/mol. The Morgan fingerprint density at radius 3 is 1.84 bits per heavy atom. The molecule has 2 aromatic rings. The van der Waals surface area contributed by atoms with Crippen molar-refractivity contribution in [2.45, 2.75) is 6.18 Å². The van der Waals surface area contributed by atoms with E-state index in [0.717, 1.165) is 12.1 Å². The first kappa shape index (κ1) is 14.6. The summed E-state index contributed by atoms with van der Waals surface area (Å²) in [7, 11) is 0. The molecule has 0 amide bonds. The van der Waals surface area contributed by atoms with Gasteiger partial charge in [-0.1, -0.05) is 35.3 Å². The molecule has 0 N–H and O–H groups in total. The zero-order valence-corrected chi connectivity index (χ0v) is 12.1. The molecule has 0 aliphatic rings. The van der Waals surface area contributed by atoms with E-state index in [0.29, 0.717) is 10.0 Å². The number of hydrogen-bond donors (Lipinski definition) is 0. The highest BCUT2D eigenvalue weighted by atomic mass is 79.9. The Balaban J connectivity index is 2.43. The van der Waals surface area contributed by atoms with Crippen LogP contribution in [0.1, 0.15) is 5.56 Å². The molecule has 100 valence electrons. The standard InChI is InChI=1S/C11H4BrCl2F3N2/c12-7-8(13)18-10(19-9(7)14)5-1-3-6(4-2-5)11(15,16)17/h1-4H. The third-order valence-electron chi connectivity index (χ3n) is 2.24. The molecule has 0 saturated carbocycles. The molecule has 0 bridgehead atoms. The molecule has 0 unspecified atom stereocenters. The van der Waals surface area contributed by atoms with Gasteiger partial charge in [0.2, 0.25) is 0 Å². The van der Waals surface area contributed by atoms with Crippen LogP contribution < -0.4 is 0 Å². The molecule has 0 saturated heterocycles. The molecule has 0 atom stereocenters. The van der Waals surface area contributed by atoms with Crippen molar-refractivity contribution in [3.8, 4) is 11.4 Å². The summed E-state index contributed by atoms with van der Waals surface area (Å²) in [4.78, 5) is 7.87. The van der Waals surface area contributed by atoms with E-state index in [1.807, 2.05) is 0 Å². The van der Waals surface area contributed by atoms with E-state index in [9.17, 15) is 13.2 Å². The molecule has 0 aliphatic heterocycles. The number of halogens is 6. The number of hydrogen-bond acceptors (Lipinski definition) is 2. The van der Waals surface area contributed by atoms with E-state index in [-0.39, 0.29) is 16.1 Å². The second-order valence-electron chi connectivity index (χ2n) is 3.52. The molecule has 0 radical (unpaired) electrons. The topological polar surface area (TPSA) is 25.8 Å². The number of aromatic nitrogens is 2. The van der Waals surface area contributed by atoms with Gasteiger partial charge in [-0.15, -0.1) is 0 Å². The second kappa shape index (κ2) is 5.26. The molecule has 0 spiro atoms. The van der Waals surface area contributed by atoms with Gasteiger partial charge in [-0.25, -0.2) is 9.97 Å². The van der Waals surface area contributed by atoms with Gasteiger partial charge in [0.1, 0.15) is 10.3 Å². The summed E-state index contributed by atoms with van der Waals surface area (Å²) in [6, 6.07) is 4.42. The van der Waals surface area contributed by atoms with Gasteiger partial charge in [0, 0.05) is 5.56 Å². The van der Waals surface area contributed by atoms with Gasteiger partial charge in [-0.2, -0.15) is 13.2 Å². The summed E-state index contributed by atoms with van der Waals surface area (Å²) in [5.74, 6) is 0.159. The van der Waals surface area contributed by atoms with E-state index < -0.39 is 11.7 Å². The Labute approximate surface area is 124 Å². The summed E-state index contributed by atoms with van der Waals surface area (Å²) < 4.78 is 37.6. The maximum Gasteiger partial charge on any atom is 0.416 e. The van der Waals surface area contributed by atoms with E-state index in [2.05, 4.69) is 25.9 Å². The minimum absolute atomic E-state index is 0.0925. The molecule has 1 heterocycles. The van der Waals surface area contributed by atoms with Crippen LogP contribution >= 0.6 is 39.1 Å². The van der Waals surface area contributed by atoms with Crippen molar-refractivity contribution in [3.63, 3.8) is 0 Å².